The van der Waals surface area contributed by atoms with Gasteiger partial charge in [-0.3, -0.25) is 4.98 Å². The molecule has 0 atom stereocenters. The number of aromatic nitrogens is 3. The van der Waals surface area contributed by atoms with Crippen molar-refractivity contribution in [2.75, 3.05) is 5.84 Å². The molecule has 0 aliphatic rings. The van der Waals surface area contributed by atoms with Crippen molar-refractivity contribution < 1.29 is 0 Å². The standard InChI is InChI=1S/C9H7N.C3H5N3/c1-2-6-9-8(4-1)5-3-7-10-9;4-6-3-1-2-5-6/h1-7H;1-3H,4H2. The molecule has 0 fully saturated rings. The Kier molecular flexibility index (Phi) is 3.13. The van der Waals surface area contributed by atoms with Crippen molar-refractivity contribution in [3.05, 3.63) is 61.1 Å². The fraction of sp³-hybridized carbons (Fsp3) is 0. The van der Waals surface area contributed by atoms with E-state index < -0.39 is 0 Å². The van der Waals surface area contributed by atoms with Gasteiger partial charge >= 0.3 is 0 Å². The largest absolute Gasteiger partial charge is 0.323 e. The zero-order valence-electron chi connectivity index (χ0n) is 8.69. The van der Waals surface area contributed by atoms with Crippen molar-refractivity contribution in [2.24, 2.45) is 0 Å². The summed E-state index contributed by atoms with van der Waals surface area (Å²) in [6.07, 6.45) is 5.10. The number of para-hydroxylation sites is 1. The fourth-order valence-corrected chi connectivity index (χ4v) is 1.30. The van der Waals surface area contributed by atoms with Gasteiger partial charge in [0, 0.05) is 17.8 Å². The summed E-state index contributed by atoms with van der Waals surface area (Å²) in [5.41, 5.74) is 1.06. The van der Waals surface area contributed by atoms with E-state index in [1.807, 2.05) is 30.5 Å². The van der Waals surface area contributed by atoms with Crippen LogP contribution in [-0.2, 0) is 0 Å². The van der Waals surface area contributed by atoms with Gasteiger partial charge in [0.2, 0.25) is 0 Å². The van der Waals surface area contributed by atoms with Crippen molar-refractivity contribution in [3.63, 3.8) is 0 Å². The molecule has 2 aromatic heterocycles. The molecule has 1 aromatic carbocycles. The minimum atomic E-state index is 1.06. The molecule has 2 N–H and O–H groups in total. The van der Waals surface area contributed by atoms with Crippen LogP contribution in [0.15, 0.2) is 61.1 Å². The Labute approximate surface area is 93.3 Å². The van der Waals surface area contributed by atoms with E-state index in [0.29, 0.717) is 0 Å². The summed E-state index contributed by atoms with van der Waals surface area (Å²) in [5, 5.41) is 4.81. The van der Waals surface area contributed by atoms with Crippen LogP contribution in [0.25, 0.3) is 10.9 Å². The Hall–Kier alpha value is -2.36. The SMILES string of the molecule is Nn1cccn1.c1ccc2ncccc2c1. The number of hydrogen-bond donors (Lipinski definition) is 1. The summed E-state index contributed by atoms with van der Waals surface area (Å²) in [5.74, 6) is 5.08. The van der Waals surface area contributed by atoms with E-state index >= 15 is 0 Å². The van der Waals surface area contributed by atoms with E-state index in [9.17, 15) is 0 Å². The van der Waals surface area contributed by atoms with Crippen LogP contribution >= 0.6 is 0 Å². The van der Waals surface area contributed by atoms with Crippen molar-refractivity contribution in [3.8, 4) is 0 Å². The normalized spacial score (nSPS) is 9.50. The van der Waals surface area contributed by atoms with Crippen LogP contribution < -0.4 is 5.84 Å². The minimum Gasteiger partial charge on any atom is -0.323 e. The molecule has 4 heteroatoms. The predicted molar refractivity (Wildman–Crippen MR) is 64.1 cm³/mol. The molecule has 0 spiro atoms. The molecule has 4 nitrogen and oxygen atoms in total. The topological polar surface area (TPSA) is 56.7 Å². The fourth-order valence-electron chi connectivity index (χ4n) is 1.30. The summed E-state index contributed by atoms with van der Waals surface area (Å²) in [7, 11) is 0. The second-order valence-corrected chi connectivity index (χ2v) is 3.18. The van der Waals surface area contributed by atoms with Gasteiger partial charge in [0.15, 0.2) is 0 Å². The third-order valence-corrected chi connectivity index (χ3v) is 2.04. The Bertz CT molecular complexity index is 480. The highest BCUT2D eigenvalue weighted by molar-refractivity contribution is 5.77. The zero-order valence-corrected chi connectivity index (χ0v) is 8.69. The van der Waals surface area contributed by atoms with Gasteiger partial charge in [-0.05, 0) is 18.2 Å². The van der Waals surface area contributed by atoms with Crippen LogP contribution in [-0.4, -0.2) is 14.9 Å². The van der Waals surface area contributed by atoms with E-state index in [4.69, 9.17) is 5.84 Å². The monoisotopic (exact) mass is 212 g/mol. The van der Waals surface area contributed by atoms with Crippen LogP contribution in [0, 0.1) is 0 Å². The highest BCUT2D eigenvalue weighted by Gasteiger charge is 1.86. The average molecular weight is 212 g/mol. The molecule has 3 aromatic rings. The average Bonchev–Trinajstić information content (AvgIpc) is 2.81. The lowest BCUT2D eigenvalue weighted by Crippen LogP contribution is -2.06. The molecule has 0 aliphatic carbocycles. The number of hydrogen-bond acceptors (Lipinski definition) is 3. The first-order valence-electron chi connectivity index (χ1n) is 4.91. The second-order valence-electron chi connectivity index (χ2n) is 3.18. The Morgan fingerprint density at radius 1 is 0.938 bits per heavy atom. The Morgan fingerprint density at radius 3 is 2.38 bits per heavy atom. The third-order valence-electron chi connectivity index (χ3n) is 2.04. The molecular formula is C12H12N4. The molecule has 0 saturated heterocycles. The van der Waals surface area contributed by atoms with Gasteiger partial charge < -0.3 is 5.84 Å². The van der Waals surface area contributed by atoms with Crippen molar-refractivity contribution in [2.45, 2.75) is 0 Å². The van der Waals surface area contributed by atoms with Gasteiger partial charge in [-0.2, -0.15) is 9.89 Å². The summed E-state index contributed by atoms with van der Waals surface area (Å²) < 4.78 is 0. The molecule has 0 bridgehead atoms. The predicted octanol–water partition coefficient (Wildman–Crippen LogP) is 1.83. The summed E-state index contributed by atoms with van der Waals surface area (Å²) in [6, 6.07) is 13.8. The summed E-state index contributed by atoms with van der Waals surface area (Å²) >= 11 is 0. The quantitative estimate of drug-likeness (QED) is 0.578. The van der Waals surface area contributed by atoms with E-state index in [2.05, 4.69) is 22.2 Å². The Balaban J connectivity index is 0.000000138. The highest BCUT2D eigenvalue weighted by atomic mass is 15.5. The molecule has 2 heterocycles. The first-order chi connectivity index (χ1) is 7.86. The molecule has 16 heavy (non-hydrogen) atoms. The summed E-state index contributed by atoms with van der Waals surface area (Å²) in [6.45, 7) is 0. The van der Waals surface area contributed by atoms with Crippen molar-refractivity contribution >= 4 is 10.9 Å². The van der Waals surface area contributed by atoms with E-state index in [0.717, 1.165) is 5.52 Å². The van der Waals surface area contributed by atoms with E-state index in [1.165, 1.54) is 10.2 Å². The highest BCUT2D eigenvalue weighted by Crippen LogP contribution is 2.07. The first-order valence-corrected chi connectivity index (χ1v) is 4.91. The van der Waals surface area contributed by atoms with Crippen LogP contribution in [0.4, 0.5) is 0 Å². The lowest BCUT2D eigenvalue weighted by atomic mass is 10.2. The maximum absolute atomic E-state index is 5.08. The third kappa shape index (κ3) is 2.57. The molecule has 80 valence electrons. The number of benzene rings is 1. The van der Waals surface area contributed by atoms with E-state index in [1.54, 1.807) is 18.5 Å². The van der Waals surface area contributed by atoms with Crippen molar-refractivity contribution in [1.29, 1.82) is 0 Å². The van der Waals surface area contributed by atoms with Crippen molar-refractivity contribution in [1.82, 2.24) is 14.9 Å². The number of nitrogens with zero attached hydrogens (tertiary/aromatic N) is 3. The number of fused-ring (bicyclic) bond motifs is 1. The summed E-state index contributed by atoms with van der Waals surface area (Å²) in [4.78, 5) is 5.43. The minimum absolute atomic E-state index is 1.06. The van der Waals surface area contributed by atoms with Crippen LogP contribution in [0.1, 0.15) is 0 Å². The van der Waals surface area contributed by atoms with Gasteiger partial charge in [-0.1, -0.05) is 24.3 Å². The van der Waals surface area contributed by atoms with E-state index in [-0.39, 0.29) is 0 Å². The molecule has 3 rings (SSSR count). The molecule has 0 unspecified atom stereocenters. The number of rotatable bonds is 0. The molecular weight excluding hydrogens is 200 g/mol. The molecule has 0 radical (unpaired) electrons. The number of nitrogen functional groups attached to an aromatic ring is 1. The van der Waals surface area contributed by atoms with Gasteiger partial charge in [-0.15, -0.1) is 0 Å². The molecule has 0 amide bonds. The zero-order chi connectivity index (χ0) is 11.2. The number of nitrogens with two attached hydrogens (primary N) is 1. The van der Waals surface area contributed by atoms with Gasteiger partial charge in [0.1, 0.15) is 0 Å². The smallest absolute Gasteiger partial charge is 0.0701 e. The maximum atomic E-state index is 5.08. The number of pyridine rings is 1. The van der Waals surface area contributed by atoms with Crippen LogP contribution in [0.5, 0.6) is 0 Å². The lowest BCUT2D eigenvalue weighted by Gasteiger charge is -1.91. The Morgan fingerprint density at radius 2 is 1.75 bits per heavy atom. The lowest BCUT2D eigenvalue weighted by molar-refractivity contribution is 0.832. The van der Waals surface area contributed by atoms with Crippen LogP contribution in [0.3, 0.4) is 0 Å². The van der Waals surface area contributed by atoms with Gasteiger partial charge in [0.25, 0.3) is 0 Å². The van der Waals surface area contributed by atoms with Gasteiger partial charge in [-0.25, -0.2) is 0 Å². The van der Waals surface area contributed by atoms with Gasteiger partial charge in [0.05, 0.1) is 11.7 Å². The van der Waals surface area contributed by atoms with Crippen LogP contribution in [0.2, 0.25) is 0 Å². The molecule has 0 aliphatic heterocycles. The first kappa shape index (κ1) is 10.2. The maximum Gasteiger partial charge on any atom is 0.0701 e. The second kappa shape index (κ2) is 4.93. The molecule has 0 saturated carbocycles.